The van der Waals surface area contributed by atoms with Crippen LogP contribution in [0.5, 0.6) is 0 Å². The summed E-state index contributed by atoms with van der Waals surface area (Å²) in [6.45, 7) is 6.92. The summed E-state index contributed by atoms with van der Waals surface area (Å²) in [5.41, 5.74) is 1.12. The van der Waals surface area contributed by atoms with Gasteiger partial charge in [-0.15, -0.1) is 0 Å². The minimum atomic E-state index is -0.978. The summed E-state index contributed by atoms with van der Waals surface area (Å²) in [4.78, 5) is 47.3. The second-order valence-corrected chi connectivity index (χ2v) is 7.43. The molecule has 2 aromatic rings. The summed E-state index contributed by atoms with van der Waals surface area (Å²) in [6.07, 6.45) is -0.303. The fraction of sp³-hybridized carbons (Fsp3) is 0.273. The van der Waals surface area contributed by atoms with Gasteiger partial charge in [0.2, 0.25) is 11.7 Å². The Hall–Kier alpha value is -3.28. The smallest absolute Gasteiger partial charge is 0.338 e. The van der Waals surface area contributed by atoms with Crippen molar-refractivity contribution in [1.82, 2.24) is 0 Å². The van der Waals surface area contributed by atoms with Gasteiger partial charge in [-0.1, -0.05) is 32.9 Å². The number of ether oxygens (including phenoxy) is 1. The highest BCUT2D eigenvalue weighted by atomic mass is 16.5. The normalized spacial score (nSPS) is 12.0. The Balaban J connectivity index is 2.01. The molecule has 0 radical (unpaired) electrons. The molecule has 0 heterocycles. The number of Topliss-reactive ketones (excluding diaryl/α,β-unsaturated/α-hetero) is 1. The molecule has 2 aromatic carbocycles. The third-order valence-electron chi connectivity index (χ3n) is 4.04. The maximum atomic E-state index is 12.5. The van der Waals surface area contributed by atoms with Gasteiger partial charge in [-0.25, -0.2) is 4.79 Å². The van der Waals surface area contributed by atoms with Crippen LogP contribution in [0.2, 0.25) is 0 Å². The molecule has 0 fully saturated rings. The minimum absolute atomic E-state index is 0.130. The molecule has 0 aromatic heterocycles. The summed E-state index contributed by atoms with van der Waals surface area (Å²) in [7, 11) is 0. The van der Waals surface area contributed by atoms with Gasteiger partial charge in [0.1, 0.15) is 6.29 Å². The van der Waals surface area contributed by atoms with E-state index in [9.17, 15) is 19.2 Å². The molecular formula is C22H23NO5. The average molecular weight is 381 g/mol. The second-order valence-electron chi connectivity index (χ2n) is 7.43. The molecule has 0 aliphatic rings. The summed E-state index contributed by atoms with van der Waals surface area (Å²) in [6, 6.07) is 12.3. The van der Waals surface area contributed by atoms with Crippen molar-refractivity contribution in [2.45, 2.75) is 33.8 Å². The first-order chi connectivity index (χ1) is 13.1. The van der Waals surface area contributed by atoms with Crippen molar-refractivity contribution in [2.24, 2.45) is 5.41 Å². The first kappa shape index (κ1) is 21.0. The SMILES string of the molecule is C[C@H](OC(=O)c1ccc(C=O)cc1)C(=O)c1ccc(NC(=O)C(C)(C)C)cc1. The van der Waals surface area contributed by atoms with E-state index in [0.717, 1.165) is 0 Å². The first-order valence-electron chi connectivity index (χ1n) is 8.84. The van der Waals surface area contributed by atoms with Gasteiger partial charge in [0.15, 0.2) is 6.10 Å². The summed E-state index contributed by atoms with van der Waals surface area (Å²) in [5, 5.41) is 2.78. The van der Waals surface area contributed by atoms with Gasteiger partial charge in [0.05, 0.1) is 5.56 Å². The van der Waals surface area contributed by atoms with Crippen molar-refractivity contribution >= 4 is 29.6 Å². The Kier molecular flexibility index (Phi) is 6.46. The number of amides is 1. The van der Waals surface area contributed by atoms with Crippen LogP contribution < -0.4 is 5.32 Å². The molecule has 0 aliphatic heterocycles. The maximum Gasteiger partial charge on any atom is 0.338 e. The number of ketones is 1. The number of carbonyl (C=O) groups excluding carboxylic acids is 4. The van der Waals surface area contributed by atoms with E-state index < -0.39 is 17.5 Å². The van der Waals surface area contributed by atoms with Crippen LogP contribution in [-0.2, 0) is 9.53 Å². The van der Waals surface area contributed by atoms with Gasteiger partial charge in [0.25, 0.3) is 0 Å². The summed E-state index contributed by atoms with van der Waals surface area (Å²) < 4.78 is 5.22. The Morgan fingerprint density at radius 1 is 0.929 bits per heavy atom. The van der Waals surface area contributed by atoms with Gasteiger partial charge < -0.3 is 10.1 Å². The van der Waals surface area contributed by atoms with Crippen molar-refractivity contribution in [3.8, 4) is 0 Å². The predicted molar refractivity (Wildman–Crippen MR) is 106 cm³/mol. The van der Waals surface area contributed by atoms with Crippen molar-refractivity contribution in [3.63, 3.8) is 0 Å². The van der Waals surface area contributed by atoms with Crippen LogP contribution >= 0.6 is 0 Å². The molecule has 146 valence electrons. The lowest BCUT2D eigenvalue weighted by atomic mass is 9.95. The summed E-state index contributed by atoms with van der Waals surface area (Å²) >= 11 is 0. The highest BCUT2D eigenvalue weighted by Crippen LogP contribution is 2.18. The zero-order chi connectivity index (χ0) is 20.9. The number of rotatable bonds is 6. The van der Waals surface area contributed by atoms with Crippen LogP contribution in [0.1, 0.15) is 58.8 Å². The second kappa shape index (κ2) is 8.61. The Morgan fingerprint density at radius 2 is 1.46 bits per heavy atom. The number of esters is 1. The van der Waals surface area contributed by atoms with Crippen LogP contribution in [-0.4, -0.2) is 30.0 Å². The fourth-order valence-corrected chi connectivity index (χ4v) is 2.25. The molecule has 2 rings (SSSR count). The molecule has 0 saturated carbocycles. The number of carbonyl (C=O) groups is 4. The fourth-order valence-electron chi connectivity index (χ4n) is 2.25. The van der Waals surface area contributed by atoms with E-state index in [0.29, 0.717) is 23.1 Å². The minimum Gasteiger partial charge on any atom is -0.451 e. The molecule has 6 nitrogen and oxygen atoms in total. The van der Waals surface area contributed by atoms with Gasteiger partial charge >= 0.3 is 5.97 Å². The van der Waals surface area contributed by atoms with E-state index in [2.05, 4.69) is 5.32 Å². The lowest BCUT2D eigenvalue weighted by Gasteiger charge is -2.18. The molecule has 28 heavy (non-hydrogen) atoms. The topological polar surface area (TPSA) is 89.5 Å². The Labute approximate surface area is 163 Å². The van der Waals surface area contributed by atoms with Crippen molar-refractivity contribution in [1.29, 1.82) is 0 Å². The van der Waals surface area contributed by atoms with Crippen molar-refractivity contribution in [2.75, 3.05) is 5.32 Å². The van der Waals surface area contributed by atoms with Gasteiger partial charge in [-0.2, -0.15) is 0 Å². The molecule has 0 bridgehead atoms. The summed E-state index contributed by atoms with van der Waals surface area (Å²) in [5.74, 6) is -1.13. The standard InChI is InChI=1S/C22H23NO5/c1-14(28-20(26)17-7-5-15(13-24)6-8-17)19(25)16-9-11-18(12-10-16)23-21(27)22(2,3)4/h5-14H,1-4H3,(H,23,27)/t14-/m0/s1. The highest BCUT2D eigenvalue weighted by molar-refractivity contribution is 6.02. The number of anilines is 1. The van der Waals surface area contributed by atoms with Crippen LogP contribution in [0.25, 0.3) is 0 Å². The maximum absolute atomic E-state index is 12.5. The molecule has 1 N–H and O–H groups in total. The van der Waals surface area contributed by atoms with E-state index in [1.807, 2.05) is 20.8 Å². The van der Waals surface area contributed by atoms with Gasteiger partial charge in [0, 0.05) is 22.2 Å². The number of nitrogens with one attached hydrogen (secondary N) is 1. The van der Waals surface area contributed by atoms with E-state index in [4.69, 9.17) is 4.74 Å². The van der Waals surface area contributed by atoms with Gasteiger partial charge in [-0.05, 0) is 43.3 Å². The van der Waals surface area contributed by atoms with Crippen LogP contribution in [0.3, 0.4) is 0 Å². The molecule has 1 amide bonds. The Morgan fingerprint density at radius 3 is 1.96 bits per heavy atom. The third kappa shape index (κ3) is 5.36. The average Bonchev–Trinajstić information content (AvgIpc) is 2.67. The number of benzene rings is 2. The molecule has 1 atom stereocenters. The first-order valence-corrected chi connectivity index (χ1v) is 8.84. The van der Waals surface area contributed by atoms with Crippen molar-refractivity contribution in [3.05, 3.63) is 65.2 Å². The predicted octanol–water partition coefficient (Wildman–Crippen LogP) is 3.91. The van der Waals surface area contributed by atoms with Crippen molar-refractivity contribution < 1.29 is 23.9 Å². The monoisotopic (exact) mass is 381 g/mol. The molecule has 0 spiro atoms. The Bertz CT molecular complexity index is 877. The largest absolute Gasteiger partial charge is 0.451 e. The van der Waals surface area contributed by atoms with Crippen LogP contribution in [0, 0.1) is 5.41 Å². The molecule has 6 heteroatoms. The number of hydrogen-bond donors (Lipinski definition) is 1. The van der Waals surface area contributed by atoms with Gasteiger partial charge in [-0.3, -0.25) is 14.4 Å². The van der Waals surface area contributed by atoms with Crippen LogP contribution in [0.4, 0.5) is 5.69 Å². The molecule has 0 saturated heterocycles. The van der Waals surface area contributed by atoms with E-state index >= 15 is 0 Å². The lowest BCUT2D eigenvalue weighted by molar-refractivity contribution is -0.123. The molecule has 0 unspecified atom stereocenters. The highest BCUT2D eigenvalue weighted by Gasteiger charge is 2.22. The number of aldehydes is 1. The van der Waals surface area contributed by atoms with E-state index in [1.54, 1.807) is 24.3 Å². The number of hydrogen-bond acceptors (Lipinski definition) is 5. The molecule has 0 aliphatic carbocycles. The molecular weight excluding hydrogens is 358 g/mol. The van der Waals surface area contributed by atoms with E-state index in [1.165, 1.54) is 31.2 Å². The zero-order valence-corrected chi connectivity index (χ0v) is 16.3. The lowest BCUT2D eigenvalue weighted by Crippen LogP contribution is -2.27. The third-order valence-corrected chi connectivity index (χ3v) is 4.04. The van der Waals surface area contributed by atoms with E-state index in [-0.39, 0.29) is 17.3 Å². The quantitative estimate of drug-likeness (QED) is 0.465. The van der Waals surface area contributed by atoms with Crippen LogP contribution in [0.15, 0.2) is 48.5 Å². The zero-order valence-electron chi connectivity index (χ0n) is 16.3.